The van der Waals surface area contributed by atoms with Gasteiger partial charge in [0.05, 0.1) is 12.1 Å². The Hall–Kier alpha value is -2.63. The van der Waals surface area contributed by atoms with Crippen LogP contribution in [0.1, 0.15) is 35.9 Å². The Kier molecular flexibility index (Phi) is 4.37. The van der Waals surface area contributed by atoms with Crippen molar-refractivity contribution < 1.29 is 9.59 Å². The summed E-state index contributed by atoms with van der Waals surface area (Å²) >= 11 is 0. The molecule has 110 valence electrons. The molecule has 0 unspecified atom stereocenters. The van der Waals surface area contributed by atoms with Crippen molar-refractivity contribution in [1.82, 2.24) is 9.78 Å². The molecule has 0 aliphatic rings. The maximum absolute atomic E-state index is 11.9. The summed E-state index contributed by atoms with van der Waals surface area (Å²) in [4.78, 5) is 22.9. The van der Waals surface area contributed by atoms with Crippen molar-refractivity contribution in [2.24, 2.45) is 5.73 Å². The predicted octanol–water partition coefficient (Wildman–Crippen LogP) is 1.74. The van der Waals surface area contributed by atoms with Crippen LogP contribution in [-0.4, -0.2) is 21.6 Å². The minimum absolute atomic E-state index is 0.157. The lowest BCUT2D eigenvalue weighted by Crippen LogP contribution is -2.15. The molecule has 2 rings (SSSR count). The van der Waals surface area contributed by atoms with E-state index in [1.165, 1.54) is 0 Å². The van der Waals surface area contributed by atoms with E-state index in [1.54, 1.807) is 24.3 Å². The molecule has 0 radical (unpaired) electrons. The molecule has 0 saturated carbocycles. The average molecular weight is 286 g/mol. The number of carbonyl (C=O) groups excluding carboxylic acids is 2. The van der Waals surface area contributed by atoms with Crippen LogP contribution in [0.15, 0.2) is 36.5 Å². The third-order valence-corrected chi connectivity index (χ3v) is 2.99. The molecule has 3 N–H and O–H groups in total. The summed E-state index contributed by atoms with van der Waals surface area (Å²) in [5.74, 6) is -0.650. The van der Waals surface area contributed by atoms with Gasteiger partial charge < -0.3 is 11.1 Å². The summed E-state index contributed by atoms with van der Waals surface area (Å²) in [5, 5.41) is 7.08. The van der Waals surface area contributed by atoms with Crippen LogP contribution in [0.5, 0.6) is 0 Å². The number of hydrogen-bond acceptors (Lipinski definition) is 3. The Bertz CT molecular complexity index is 644. The standard InChI is InChI=1S/C15H18N4O2/c1-10(2)19-8-7-13(18-19)9-14(20)17-12-5-3-11(4-6-12)15(16)21/h3-8,10H,9H2,1-2H3,(H2,16,21)(H,17,20). The topological polar surface area (TPSA) is 90.0 Å². The smallest absolute Gasteiger partial charge is 0.248 e. The molecule has 1 aromatic carbocycles. The van der Waals surface area contributed by atoms with Crippen molar-refractivity contribution >= 4 is 17.5 Å². The third-order valence-electron chi connectivity index (χ3n) is 2.99. The fourth-order valence-electron chi connectivity index (χ4n) is 1.85. The van der Waals surface area contributed by atoms with Crippen molar-refractivity contribution in [1.29, 1.82) is 0 Å². The summed E-state index contributed by atoms with van der Waals surface area (Å²) in [6, 6.07) is 8.53. The van der Waals surface area contributed by atoms with Crippen molar-refractivity contribution in [3.05, 3.63) is 47.8 Å². The Morgan fingerprint density at radius 2 is 1.90 bits per heavy atom. The van der Waals surface area contributed by atoms with Gasteiger partial charge in [-0.25, -0.2) is 0 Å². The van der Waals surface area contributed by atoms with E-state index in [1.807, 2.05) is 30.8 Å². The lowest BCUT2D eigenvalue weighted by molar-refractivity contribution is -0.115. The summed E-state index contributed by atoms with van der Waals surface area (Å²) in [6.45, 7) is 4.05. The highest BCUT2D eigenvalue weighted by Gasteiger charge is 2.08. The Labute approximate surface area is 122 Å². The van der Waals surface area contributed by atoms with E-state index in [2.05, 4.69) is 10.4 Å². The van der Waals surface area contributed by atoms with Crippen LogP contribution in [-0.2, 0) is 11.2 Å². The Morgan fingerprint density at radius 1 is 1.24 bits per heavy atom. The number of anilines is 1. The molecule has 0 spiro atoms. The van der Waals surface area contributed by atoms with Crippen LogP contribution >= 0.6 is 0 Å². The normalized spacial score (nSPS) is 10.6. The maximum Gasteiger partial charge on any atom is 0.248 e. The van der Waals surface area contributed by atoms with Crippen LogP contribution < -0.4 is 11.1 Å². The van der Waals surface area contributed by atoms with E-state index in [-0.39, 0.29) is 18.4 Å². The minimum atomic E-state index is -0.493. The van der Waals surface area contributed by atoms with E-state index in [4.69, 9.17) is 5.73 Å². The summed E-state index contributed by atoms with van der Waals surface area (Å²) in [6.07, 6.45) is 2.06. The number of carbonyl (C=O) groups is 2. The summed E-state index contributed by atoms with van der Waals surface area (Å²) in [7, 11) is 0. The second-order valence-corrected chi connectivity index (χ2v) is 5.05. The van der Waals surface area contributed by atoms with Gasteiger partial charge in [0.25, 0.3) is 0 Å². The maximum atomic E-state index is 11.9. The molecule has 2 aromatic rings. The van der Waals surface area contributed by atoms with E-state index >= 15 is 0 Å². The molecule has 0 aliphatic carbocycles. The lowest BCUT2D eigenvalue weighted by Gasteiger charge is -2.05. The van der Waals surface area contributed by atoms with Crippen molar-refractivity contribution in [2.75, 3.05) is 5.32 Å². The molecule has 6 nitrogen and oxygen atoms in total. The van der Waals surface area contributed by atoms with Gasteiger partial charge in [-0.1, -0.05) is 0 Å². The SMILES string of the molecule is CC(C)n1ccc(CC(=O)Nc2ccc(C(N)=O)cc2)n1. The molecular formula is C15H18N4O2. The zero-order valence-electron chi connectivity index (χ0n) is 12.0. The van der Waals surface area contributed by atoms with Crippen LogP contribution in [0.3, 0.4) is 0 Å². The Morgan fingerprint density at radius 3 is 2.43 bits per heavy atom. The fourth-order valence-corrected chi connectivity index (χ4v) is 1.85. The van der Waals surface area contributed by atoms with Gasteiger partial charge in [-0.15, -0.1) is 0 Å². The highest BCUT2D eigenvalue weighted by molar-refractivity contribution is 5.95. The molecule has 1 heterocycles. The molecule has 0 bridgehead atoms. The first kappa shape index (κ1) is 14.8. The lowest BCUT2D eigenvalue weighted by atomic mass is 10.2. The van der Waals surface area contributed by atoms with Crippen LogP contribution in [0.4, 0.5) is 5.69 Å². The fraction of sp³-hybridized carbons (Fsp3) is 0.267. The number of nitrogens with two attached hydrogens (primary N) is 1. The molecule has 0 fully saturated rings. The van der Waals surface area contributed by atoms with Gasteiger partial charge in [0, 0.05) is 23.5 Å². The van der Waals surface area contributed by atoms with Gasteiger partial charge in [0.2, 0.25) is 11.8 Å². The van der Waals surface area contributed by atoms with Gasteiger partial charge >= 0.3 is 0 Å². The van der Waals surface area contributed by atoms with Gasteiger partial charge in [-0.2, -0.15) is 5.10 Å². The van der Waals surface area contributed by atoms with Crippen LogP contribution in [0.2, 0.25) is 0 Å². The molecule has 1 aromatic heterocycles. The number of nitrogens with zero attached hydrogens (tertiary/aromatic N) is 2. The van der Waals surface area contributed by atoms with Crippen molar-refractivity contribution in [3.8, 4) is 0 Å². The average Bonchev–Trinajstić information content (AvgIpc) is 2.87. The molecule has 0 atom stereocenters. The predicted molar refractivity (Wildman–Crippen MR) is 79.9 cm³/mol. The number of hydrogen-bond donors (Lipinski definition) is 2. The number of nitrogens with one attached hydrogen (secondary N) is 1. The number of rotatable bonds is 5. The zero-order valence-corrected chi connectivity index (χ0v) is 12.0. The van der Waals surface area contributed by atoms with Crippen molar-refractivity contribution in [2.45, 2.75) is 26.3 Å². The first-order chi connectivity index (χ1) is 9.95. The number of benzene rings is 1. The summed E-state index contributed by atoms with van der Waals surface area (Å²) in [5.41, 5.74) is 6.90. The minimum Gasteiger partial charge on any atom is -0.366 e. The van der Waals surface area contributed by atoms with Crippen LogP contribution in [0.25, 0.3) is 0 Å². The Balaban J connectivity index is 1.96. The van der Waals surface area contributed by atoms with Gasteiger partial charge in [-0.05, 0) is 44.2 Å². The molecule has 0 aliphatic heterocycles. The monoisotopic (exact) mass is 286 g/mol. The number of primary amides is 1. The highest BCUT2D eigenvalue weighted by atomic mass is 16.2. The van der Waals surface area contributed by atoms with E-state index in [0.29, 0.717) is 11.3 Å². The van der Waals surface area contributed by atoms with Crippen LogP contribution in [0, 0.1) is 0 Å². The second kappa shape index (κ2) is 6.21. The molecular weight excluding hydrogens is 268 g/mol. The van der Waals surface area contributed by atoms with E-state index < -0.39 is 5.91 Å². The zero-order chi connectivity index (χ0) is 15.4. The largest absolute Gasteiger partial charge is 0.366 e. The number of aromatic nitrogens is 2. The molecule has 6 heteroatoms. The van der Waals surface area contributed by atoms with Crippen molar-refractivity contribution in [3.63, 3.8) is 0 Å². The number of amides is 2. The third kappa shape index (κ3) is 3.92. The quantitative estimate of drug-likeness (QED) is 0.877. The first-order valence-corrected chi connectivity index (χ1v) is 6.69. The second-order valence-electron chi connectivity index (χ2n) is 5.05. The van der Waals surface area contributed by atoms with Gasteiger partial charge in [0.1, 0.15) is 0 Å². The van der Waals surface area contributed by atoms with E-state index in [0.717, 1.165) is 5.69 Å². The highest BCUT2D eigenvalue weighted by Crippen LogP contribution is 2.10. The molecule has 21 heavy (non-hydrogen) atoms. The summed E-state index contributed by atoms with van der Waals surface area (Å²) < 4.78 is 1.81. The molecule has 0 saturated heterocycles. The molecule has 2 amide bonds. The van der Waals surface area contributed by atoms with Gasteiger partial charge in [0.15, 0.2) is 0 Å². The first-order valence-electron chi connectivity index (χ1n) is 6.69. The van der Waals surface area contributed by atoms with E-state index in [9.17, 15) is 9.59 Å². The van der Waals surface area contributed by atoms with Gasteiger partial charge in [-0.3, -0.25) is 14.3 Å².